The van der Waals surface area contributed by atoms with Crippen LogP contribution in [0.4, 0.5) is 0 Å². The van der Waals surface area contributed by atoms with E-state index in [0.717, 1.165) is 23.2 Å². The van der Waals surface area contributed by atoms with E-state index in [1.807, 2.05) is 12.1 Å². The Morgan fingerprint density at radius 1 is 1.38 bits per heavy atom. The lowest BCUT2D eigenvalue weighted by Gasteiger charge is -2.15. The minimum Gasteiger partial charge on any atom is -0.395 e. The van der Waals surface area contributed by atoms with Crippen molar-refractivity contribution in [1.29, 1.82) is 0 Å². The molecule has 1 atom stereocenters. The quantitative estimate of drug-likeness (QED) is 0.760. The molecule has 0 aliphatic heterocycles. The smallest absolute Gasteiger partial charge is 0.0592 e. The van der Waals surface area contributed by atoms with E-state index in [1.54, 1.807) is 11.8 Å². The van der Waals surface area contributed by atoms with E-state index in [1.165, 1.54) is 4.90 Å². The van der Waals surface area contributed by atoms with Crippen molar-refractivity contribution < 1.29 is 5.11 Å². The van der Waals surface area contributed by atoms with Gasteiger partial charge in [-0.1, -0.05) is 22.9 Å². The number of halogens is 1. The molecular formula is C12H18BrNOS. The zero-order valence-electron chi connectivity index (χ0n) is 9.45. The molecule has 0 bridgehead atoms. The largest absolute Gasteiger partial charge is 0.395 e. The Labute approximate surface area is 110 Å². The van der Waals surface area contributed by atoms with Crippen LogP contribution in [0.1, 0.15) is 13.3 Å². The number of rotatable bonds is 7. The molecular weight excluding hydrogens is 286 g/mol. The van der Waals surface area contributed by atoms with Crippen molar-refractivity contribution in [2.75, 3.05) is 18.9 Å². The fraction of sp³-hybridized carbons (Fsp3) is 0.500. The fourth-order valence-corrected chi connectivity index (χ4v) is 2.46. The number of aliphatic hydroxyl groups is 1. The van der Waals surface area contributed by atoms with E-state index >= 15 is 0 Å². The third-order valence-corrected chi connectivity index (χ3v) is 3.87. The Kier molecular flexibility index (Phi) is 7.12. The van der Waals surface area contributed by atoms with Gasteiger partial charge in [0.1, 0.15) is 0 Å². The second-order valence-corrected chi connectivity index (χ2v) is 5.61. The standard InChI is InChI=1S/C12H18BrNOS/c1-2-7-14-11(8-15)9-16-12-5-3-10(13)4-6-12/h3-6,11,14-15H,2,7-9H2,1H3. The summed E-state index contributed by atoms with van der Waals surface area (Å²) in [4.78, 5) is 1.24. The Hall–Kier alpha value is -0.0300. The maximum atomic E-state index is 9.19. The number of aliphatic hydroxyl groups excluding tert-OH is 1. The molecule has 16 heavy (non-hydrogen) atoms. The molecule has 2 nitrogen and oxygen atoms in total. The van der Waals surface area contributed by atoms with Gasteiger partial charge in [0.2, 0.25) is 0 Å². The molecule has 1 aromatic carbocycles. The van der Waals surface area contributed by atoms with Crippen LogP contribution in [0.2, 0.25) is 0 Å². The number of thioether (sulfide) groups is 1. The highest BCUT2D eigenvalue weighted by Gasteiger charge is 2.06. The van der Waals surface area contributed by atoms with Crippen molar-refractivity contribution in [3.8, 4) is 0 Å². The van der Waals surface area contributed by atoms with Gasteiger partial charge in [0.25, 0.3) is 0 Å². The molecule has 0 aliphatic rings. The summed E-state index contributed by atoms with van der Waals surface area (Å²) in [5.41, 5.74) is 0. The molecule has 0 aliphatic carbocycles. The van der Waals surface area contributed by atoms with Crippen LogP contribution in [-0.4, -0.2) is 30.1 Å². The molecule has 0 amide bonds. The van der Waals surface area contributed by atoms with Crippen molar-refractivity contribution >= 4 is 27.7 Å². The van der Waals surface area contributed by atoms with Crippen molar-refractivity contribution in [2.24, 2.45) is 0 Å². The minimum atomic E-state index is 0.189. The first kappa shape index (κ1) is 14.0. The molecule has 90 valence electrons. The summed E-state index contributed by atoms with van der Waals surface area (Å²) in [5.74, 6) is 0.901. The molecule has 1 aromatic rings. The van der Waals surface area contributed by atoms with Gasteiger partial charge in [-0.2, -0.15) is 0 Å². The average Bonchev–Trinajstić information content (AvgIpc) is 2.32. The zero-order valence-corrected chi connectivity index (χ0v) is 11.9. The number of benzene rings is 1. The van der Waals surface area contributed by atoms with Gasteiger partial charge in [0, 0.05) is 21.2 Å². The van der Waals surface area contributed by atoms with E-state index in [-0.39, 0.29) is 12.6 Å². The predicted molar refractivity (Wildman–Crippen MR) is 74.0 cm³/mol. The summed E-state index contributed by atoms with van der Waals surface area (Å²) >= 11 is 5.18. The maximum Gasteiger partial charge on any atom is 0.0592 e. The molecule has 0 saturated heterocycles. The van der Waals surface area contributed by atoms with E-state index in [4.69, 9.17) is 0 Å². The van der Waals surface area contributed by atoms with Crippen LogP contribution in [0.15, 0.2) is 33.6 Å². The van der Waals surface area contributed by atoms with Crippen LogP contribution in [0.5, 0.6) is 0 Å². The monoisotopic (exact) mass is 303 g/mol. The highest BCUT2D eigenvalue weighted by Crippen LogP contribution is 2.21. The molecule has 4 heteroatoms. The van der Waals surface area contributed by atoms with Crippen molar-refractivity contribution in [3.05, 3.63) is 28.7 Å². The lowest BCUT2D eigenvalue weighted by molar-refractivity contribution is 0.254. The second-order valence-electron chi connectivity index (χ2n) is 3.60. The predicted octanol–water partition coefficient (Wildman–Crippen LogP) is 2.90. The van der Waals surface area contributed by atoms with Crippen LogP contribution in [0.25, 0.3) is 0 Å². The van der Waals surface area contributed by atoms with Crippen LogP contribution in [-0.2, 0) is 0 Å². The Morgan fingerprint density at radius 3 is 2.62 bits per heavy atom. The highest BCUT2D eigenvalue weighted by atomic mass is 79.9. The summed E-state index contributed by atoms with van der Waals surface area (Å²) in [6.45, 7) is 3.29. The summed E-state index contributed by atoms with van der Waals surface area (Å²) in [6, 6.07) is 8.44. The van der Waals surface area contributed by atoms with Crippen LogP contribution >= 0.6 is 27.7 Å². The molecule has 0 radical (unpaired) electrons. The van der Waals surface area contributed by atoms with Crippen LogP contribution in [0.3, 0.4) is 0 Å². The third kappa shape index (κ3) is 5.34. The van der Waals surface area contributed by atoms with E-state index in [0.29, 0.717) is 0 Å². The maximum absolute atomic E-state index is 9.19. The van der Waals surface area contributed by atoms with Gasteiger partial charge < -0.3 is 10.4 Å². The minimum absolute atomic E-state index is 0.189. The van der Waals surface area contributed by atoms with Gasteiger partial charge in [-0.05, 0) is 37.2 Å². The van der Waals surface area contributed by atoms with E-state index in [2.05, 4.69) is 40.3 Å². The number of hydrogen-bond acceptors (Lipinski definition) is 3. The Morgan fingerprint density at radius 2 is 2.06 bits per heavy atom. The van der Waals surface area contributed by atoms with Crippen molar-refractivity contribution in [1.82, 2.24) is 5.32 Å². The van der Waals surface area contributed by atoms with Gasteiger partial charge in [-0.25, -0.2) is 0 Å². The highest BCUT2D eigenvalue weighted by molar-refractivity contribution is 9.10. The van der Waals surface area contributed by atoms with Crippen molar-refractivity contribution in [2.45, 2.75) is 24.3 Å². The molecule has 1 rings (SSSR count). The van der Waals surface area contributed by atoms with Crippen LogP contribution in [0, 0.1) is 0 Å². The number of hydrogen-bond donors (Lipinski definition) is 2. The molecule has 0 saturated carbocycles. The first-order chi connectivity index (χ1) is 7.76. The Balaban J connectivity index is 2.34. The summed E-state index contributed by atoms with van der Waals surface area (Å²) < 4.78 is 1.10. The SMILES string of the molecule is CCCNC(CO)CSc1ccc(Br)cc1. The molecule has 0 fully saturated rings. The lowest BCUT2D eigenvalue weighted by atomic mass is 10.3. The average molecular weight is 304 g/mol. The topological polar surface area (TPSA) is 32.3 Å². The summed E-state index contributed by atoms with van der Waals surface area (Å²) in [5, 5.41) is 12.5. The lowest BCUT2D eigenvalue weighted by Crippen LogP contribution is -2.35. The number of nitrogens with one attached hydrogen (secondary N) is 1. The van der Waals surface area contributed by atoms with Gasteiger partial charge in [0.15, 0.2) is 0 Å². The Bertz CT molecular complexity index is 292. The van der Waals surface area contributed by atoms with E-state index in [9.17, 15) is 5.11 Å². The van der Waals surface area contributed by atoms with Gasteiger partial charge in [0.05, 0.1) is 6.61 Å². The van der Waals surface area contributed by atoms with Gasteiger partial charge >= 0.3 is 0 Å². The normalized spacial score (nSPS) is 12.7. The molecule has 1 unspecified atom stereocenters. The first-order valence-electron chi connectivity index (χ1n) is 5.49. The van der Waals surface area contributed by atoms with E-state index < -0.39 is 0 Å². The molecule has 0 aromatic heterocycles. The summed E-state index contributed by atoms with van der Waals surface area (Å²) in [6.07, 6.45) is 1.10. The molecule has 2 N–H and O–H groups in total. The van der Waals surface area contributed by atoms with Crippen molar-refractivity contribution in [3.63, 3.8) is 0 Å². The first-order valence-corrected chi connectivity index (χ1v) is 7.26. The molecule has 0 spiro atoms. The van der Waals surface area contributed by atoms with Gasteiger partial charge in [-0.15, -0.1) is 11.8 Å². The van der Waals surface area contributed by atoms with Crippen LogP contribution < -0.4 is 5.32 Å². The second kappa shape index (κ2) is 8.12. The third-order valence-electron chi connectivity index (χ3n) is 2.17. The zero-order chi connectivity index (χ0) is 11.8. The fourth-order valence-electron chi connectivity index (χ4n) is 1.25. The molecule has 0 heterocycles. The van der Waals surface area contributed by atoms with Gasteiger partial charge in [-0.3, -0.25) is 0 Å². The summed E-state index contributed by atoms with van der Waals surface area (Å²) in [7, 11) is 0.